The van der Waals surface area contributed by atoms with Crippen LogP contribution in [0.3, 0.4) is 0 Å². The zero-order valence-corrected chi connectivity index (χ0v) is 45.9. The van der Waals surface area contributed by atoms with Crippen LogP contribution in [-0.4, -0.2) is 19.1 Å². The summed E-state index contributed by atoms with van der Waals surface area (Å²) in [5.74, 6) is 1.98. The molecule has 10 aromatic rings. The minimum Gasteiger partial charge on any atom is -0.509 e. The summed E-state index contributed by atoms with van der Waals surface area (Å²) < 4.78 is 13.8. The van der Waals surface area contributed by atoms with E-state index in [1.54, 1.807) is 0 Å². The van der Waals surface area contributed by atoms with Crippen LogP contribution in [0.2, 0.25) is 0 Å². The maximum Gasteiger partial charge on any atom is 0.242 e. The van der Waals surface area contributed by atoms with E-state index in [9.17, 15) is 0 Å². The largest absolute Gasteiger partial charge is 0.509 e. The van der Waals surface area contributed by atoms with Gasteiger partial charge in [0.05, 0.1) is 18.1 Å². The minimum absolute atomic E-state index is 0. The maximum atomic E-state index is 7.27. The van der Waals surface area contributed by atoms with Crippen LogP contribution in [0.4, 0.5) is 0 Å². The first kappa shape index (κ1) is 47.7. The summed E-state index contributed by atoms with van der Waals surface area (Å²) in [4.78, 5) is 9.22. The van der Waals surface area contributed by atoms with E-state index >= 15 is 0 Å². The van der Waals surface area contributed by atoms with E-state index in [0.717, 1.165) is 61.0 Å². The molecule has 6 aromatic carbocycles. The van der Waals surface area contributed by atoms with E-state index < -0.39 is 5.41 Å². The number of hydrogen-bond acceptors (Lipinski definition) is 3. The molecule has 0 unspecified atom stereocenters. The van der Waals surface area contributed by atoms with Gasteiger partial charge in [-0.25, -0.2) is 4.98 Å². The molecule has 6 nitrogen and oxygen atoms in total. The normalized spacial score (nSPS) is 13.9. The Labute approximate surface area is 439 Å². The van der Waals surface area contributed by atoms with Gasteiger partial charge in [0.25, 0.3) is 0 Å². The summed E-state index contributed by atoms with van der Waals surface area (Å²) in [6, 6.07) is 50.1. The van der Waals surface area contributed by atoms with Gasteiger partial charge in [0, 0.05) is 62.1 Å². The molecule has 1 aliphatic carbocycles. The first-order valence-electron chi connectivity index (χ1n) is 25.0. The number of fused-ring (bicyclic) bond motifs is 12. The SMILES string of the molecule is C[n+]1[c-]n2c3c(cccc31)C1(c3ccc(Oc4[c-]c5c(cc4-c4ccncc4)c4ccccc4n5-c4ccccn4)[c-]c3-2)c2c(cc(C(C)(C)C)cc2C(C)(C)C)-c2cc(C(C)(C)C)cc(C(C)(C)C)c21.[Pt]. The molecule has 0 bridgehead atoms. The Morgan fingerprint density at radius 3 is 1.83 bits per heavy atom. The van der Waals surface area contributed by atoms with E-state index in [4.69, 9.17) is 9.72 Å². The molecular formula is C65H61N5OPt-2. The first-order valence-corrected chi connectivity index (χ1v) is 25.0. The molecule has 1 aliphatic heterocycles. The van der Waals surface area contributed by atoms with E-state index in [-0.39, 0.29) is 42.7 Å². The molecule has 0 amide bonds. The molecule has 0 radical (unpaired) electrons. The van der Waals surface area contributed by atoms with E-state index in [2.05, 4.69) is 212 Å². The second-order valence-corrected chi connectivity index (χ2v) is 24.0. The van der Waals surface area contributed by atoms with Gasteiger partial charge in [-0.15, -0.1) is 29.1 Å². The fraction of sp³-hybridized carbons (Fsp3) is 0.277. The number of benzene rings is 6. The standard InChI is InChI=1S/C65H61N5O.Pt/c1-61(2,3)40-31-46-47-32-41(62(4,5)6)34-51(64(10,11)12)59(47)65(58(46)50(33-40)63(7,8)9)48-25-24-42(35-55(48)69-38-68(13)53-22-18-20-49(65)60(53)69)71-56-37-54-45(36-44(56)39-26-29-66-30-27-39)43-19-14-15-21-52(43)70(54)57-23-16-17-28-67-57;/h14-34,36H,1-13H3;/q-2;. The number of ether oxygens (including phenoxy) is 1. The zero-order valence-electron chi connectivity index (χ0n) is 43.7. The topological polar surface area (TPSA) is 48.8 Å². The quantitative estimate of drug-likeness (QED) is 0.130. The number of imidazole rings is 1. The van der Waals surface area contributed by atoms with Crippen LogP contribution in [0, 0.1) is 18.5 Å². The number of aryl methyl sites for hydroxylation is 1. The molecule has 0 fully saturated rings. The molecule has 7 heteroatoms. The zero-order chi connectivity index (χ0) is 49.7. The number of pyridine rings is 2. The summed E-state index contributed by atoms with van der Waals surface area (Å²) in [5.41, 5.74) is 18.8. The molecule has 0 saturated carbocycles. The van der Waals surface area contributed by atoms with Crippen molar-refractivity contribution in [2.75, 3.05) is 0 Å². The molecule has 1 spiro atoms. The Balaban J connectivity index is 0.00000560. The predicted molar refractivity (Wildman–Crippen MR) is 289 cm³/mol. The van der Waals surface area contributed by atoms with Crippen LogP contribution in [0.15, 0.2) is 134 Å². The third-order valence-corrected chi connectivity index (χ3v) is 15.2. The van der Waals surface area contributed by atoms with Crippen molar-refractivity contribution in [3.63, 3.8) is 0 Å². The van der Waals surface area contributed by atoms with Crippen molar-refractivity contribution in [2.45, 2.75) is 110 Å². The monoisotopic (exact) mass is 1120 g/mol. The molecule has 12 rings (SSSR count). The van der Waals surface area contributed by atoms with Gasteiger partial charge in [-0.05, 0) is 107 Å². The molecule has 0 atom stereocenters. The smallest absolute Gasteiger partial charge is 0.242 e. The van der Waals surface area contributed by atoms with E-state index in [0.29, 0.717) is 11.5 Å². The first-order chi connectivity index (χ1) is 33.7. The molecular weight excluding hydrogens is 1060 g/mol. The van der Waals surface area contributed by atoms with Crippen molar-refractivity contribution in [1.29, 1.82) is 0 Å². The second-order valence-electron chi connectivity index (χ2n) is 24.0. The van der Waals surface area contributed by atoms with Gasteiger partial charge in [0.1, 0.15) is 5.82 Å². The number of para-hydroxylation sites is 2. The van der Waals surface area contributed by atoms with Crippen molar-refractivity contribution >= 4 is 32.8 Å². The summed E-state index contributed by atoms with van der Waals surface area (Å²) in [6.45, 7) is 28.4. The molecule has 364 valence electrons. The molecule has 5 heterocycles. The fourth-order valence-electron chi connectivity index (χ4n) is 11.7. The van der Waals surface area contributed by atoms with Gasteiger partial charge in [0.2, 0.25) is 6.33 Å². The van der Waals surface area contributed by atoms with E-state index in [1.165, 1.54) is 50.1 Å². The van der Waals surface area contributed by atoms with Crippen molar-refractivity contribution < 1.29 is 30.4 Å². The second kappa shape index (κ2) is 16.2. The number of hydrogen-bond donors (Lipinski definition) is 0. The summed E-state index contributed by atoms with van der Waals surface area (Å²) >= 11 is 0. The van der Waals surface area contributed by atoms with Crippen molar-refractivity contribution in [2.24, 2.45) is 7.05 Å². The van der Waals surface area contributed by atoms with Crippen LogP contribution < -0.4 is 9.30 Å². The molecule has 72 heavy (non-hydrogen) atoms. The number of aromatic nitrogens is 5. The Bertz CT molecular complexity index is 3750. The van der Waals surface area contributed by atoms with Crippen LogP contribution in [0.1, 0.15) is 128 Å². The maximum absolute atomic E-state index is 7.27. The van der Waals surface area contributed by atoms with Gasteiger partial charge < -0.3 is 18.4 Å². The summed E-state index contributed by atoms with van der Waals surface area (Å²) in [5, 5.41) is 2.17. The summed E-state index contributed by atoms with van der Waals surface area (Å²) in [6.07, 6.45) is 9.27. The molecule has 2 aliphatic rings. The van der Waals surface area contributed by atoms with Gasteiger partial charge in [-0.1, -0.05) is 172 Å². The van der Waals surface area contributed by atoms with Crippen LogP contribution in [0.5, 0.6) is 11.5 Å². The number of rotatable bonds is 4. The van der Waals surface area contributed by atoms with Gasteiger partial charge in [0.15, 0.2) is 0 Å². The Morgan fingerprint density at radius 1 is 0.583 bits per heavy atom. The predicted octanol–water partition coefficient (Wildman–Crippen LogP) is 15.1. The van der Waals surface area contributed by atoms with E-state index in [1.807, 2.05) is 48.9 Å². The average Bonchev–Trinajstić information content (AvgIpc) is 3.95. The van der Waals surface area contributed by atoms with Crippen molar-refractivity contribution in [3.8, 4) is 45.3 Å². The fourth-order valence-corrected chi connectivity index (χ4v) is 11.7. The van der Waals surface area contributed by atoms with Gasteiger partial charge in [-0.3, -0.25) is 4.98 Å². The van der Waals surface area contributed by atoms with Crippen LogP contribution in [-0.2, 0) is 55.2 Å². The van der Waals surface area contributed by atoms with Crippen molar-refractivity contribution in [3.05, 3.63) is 197 Å². The third kappa shape index (κ3) is 7.02. The molecule has 4 aromatic heterocycles. The average molecular weight is 1120 g/mol. The van der Waals surface area contributed by atoms with Crippen LogP contribution in [0.25, 0.3) is 66.6 Å². The Kier molecular flexibility index (Phi) is 10.7. The number of nitrogens with zero attached hydrogens (tertiary/aromatic N) is 5. The Morgan fingerprint density at radius 2 is 1.22 bits per heavy atom. The molecule has 0 saturated heterocycles. The third-order valence-electron chi connectivity index (χ3n) is 15.2. The van der Waals surface area contributed by atoms with Gasteiger partial charge in [-0.2, -0.15) is 12.1 Å². The van der Waals surface area contributed by atoms with Crippen molar-refractivity contribution in [1.82, 2.24) is 19.1 Å². The van der Waals surface area contributed by atoms with Gasteiger partial charge >= 0.3 is 0 Å². The minimum atomic E-state index is -0.724. The molecule has 0 N–H and O–H groups in total. The summed E-state index contributed by atoms with van der Waals surface area (Å²) in [7, 11) is 2.11. The Hall–Kier alpha value is -6.62. The van der Waals surface area contributed by atoms with Crippen LogP contribution >= 0.6 is 0 Å².